The predicted octanol–water partition coefficient (Wildman–Crippen LogP) is 10.1. The van der Waals surface area contributed by atoms with Crippen LogP contribution in [0.15, 0.2) is 84.1 Å². The van der Waals surface area contributed by atoms with E-state index in [-0.39, 0.29) is 50.3 Å². The van der Waals surface area contributed by atoms with E-state index in [0.717, 1.165) is 78.7 Å². The van der Waals surface area contributed by atoms with Crippen LogP contribution in [-0.4, -0.2) is 72.3 Å². The van der Waals surface area contributed by atoms with Crippen molar-refractivity contribution in [3.8, 4) is 28.7 Å². The summed E-state index contributed by atoms with van der Waals surface area (Å²) in [5.74, 6) is 2.34. The number of oxime groups is 1. The Labute approximate surface area is 373 Å². The molecule has 11 nitrogen and oxygen atoms in total. The molecule has 0 radical (unpaired) electrons. The fraction of sp³-hybridized carbons (Fsp3) is 0.538. The van der Waals surface area contributed by atoms with Crippen molar-refractivity contribution < 1.29 is 43.5 Å². The molecule has 1 amide bonds. The quantitative estimate of drug-likeness (QED) is 0.0648. The largest absolute Gasteiger partial charge is 0.459 e. The maximum Gasteiger partial charge on any atom is 0.239 e. The highest BCUT2D eigenvalue weighted by molar-refractivity contribution is 6.03. The maximum absolute atomic E-state index is 15.2. The lowest BCUT2D eigenvalue weighted by Crippen LogP contribution is -2.70. The predicted molar refractivity (Wildman–Crippen MR) is 242 cm³/mol. The minimum absolute atomic E-state index is 0.0376. The van der Waals surface area contributed by atoms with Gasteiger partial charge in [-0.25, -0.2) is 0 Å². The second kappa shape index (κ2) is 20.3. The first-order valence-corrected chi connectivity index (χ1v) is 23.3. The third-order valence-electron chi connectivity index (χ3n) is 14.3. The second-order valence-electron chi connectivity index (χ2n) is 18.2. The molecule has 0 aromatic heterocycles. The lowest BCUT2D eigenvalue weighted by molar-refractivity contribution is -0.258. The number of benzene rings is 3. The van der Waals surface area contributed by atoms with Crippen LogP contribution in [0.25, 0.3) is 0 Å². The molecule has 6 atom stereocenters. The number of fused-ring (bicyclic) bond motifs is 3. The molecule has 2 aliphatic heterocycles. The number of hydrogen-bond acceptors (Lipinski definition) is 10. The molecule has 3 aromatic carbocycles. The van der Waals surface area contributed by atoms with E-state index in [9.17, 15) is 10.2 Å². The van der Waals surface area contributed by atoms with E-state index < -0.39 is 17.7 Å². The molecule has 3 aromatic rings. The third-order valence-corrected chi connectivity index (χ3v) is 14.3. The van der Waals surface area contributed by atoms with Gasteiger partial charge in [0.15, 0.2) is 11.5 Å². The number of amides is 1. The number of carbonyl (C=O) groups excluding carboxylic acids is 1. The molecule has 338 valence electrons. The SMILES string of the molecule is C=CCO[C@@]12Oc3ccc(Oc4ccc(C)c(C)c4)cc3[C@H]3[C@H](CCCCO)[C@@H](CCCCO)C=C(C(=NOC)C[C@@H]1N(Cc1ccc4c(c1)OCO4)C(=O)CCC1CCCC1)[C@H]32. The van der Waals surface area contributed by atoms with E-state index in [1.54, 1.807) is 13.2 Å². The minimum atomic E-state index is -1.36. The first kappa shape index (κ1) is 44.8. The number of rotatable bonds is 20. The molecule has 0 bridgehead atoms. The van der Waals surface area contributed by atoms with Gasteiger partial charge in [-0.2, -0.15) is 0 Å². The highest BCUT2D eigenvalue weighted by atomic mass is 16.7. The summed E-state index contributed by atoms with van der Waals surface area (Å²) in [6, 6.07) is 17.5. The molecule has 2 heterocycles. The molecule has 8 rings (SSSR count). The van der Waals surface area contributed by atoms with E-state index in [1.165, 1.54) is 18.4 Å². The van der Waals surface area contributed by atoms with Crippen LogP contribution in [0.3, 0.4) is 0 Å². The van der Waals surface area contributed by atoms with Crippen LogP contribution in [0.2, 0.25) is 0 Å². The number of allylic oxidation sites excluding steroid dienone is 1. The summed E-state index contributed by atoms with van der Waals surface area (Å²) in [6.45, 7) is 9.16. The molecule has 0 saturated heterocycles. The molecule has 2 N–H and O–H groups in total. The lowest BCUT2D eigenvalue weighted by Gasteiger charge is -2.60. The van der Waals surface area contributed by atoms with Gasteiger partial charge in [-0.3, -0.25) is 4.79 Å². The van der Waals surface area contributed by atoms with Crippen molar-refractivity contribution in [2.45, 2.75) is 122 Å². The summed E-state index contributed by atoms with van der Waals surface area (Å²) in [7, 11) is 1.58. The van der Waals surface area contributed by atoms with Gasteiger partial charge in [0.05, 0.1) is 18.2 Å². The van der Waals surface area contributed by atoms with Crippen LogP contribution < -0.4 is 18.9 Å². The number of aliphatic hydroxyl groups is 2. The van der Waals surface area contributed by atoms with Gasteiger partial charge in [0.2, 0.25) is 18.5 Å². The van der Waals surface area contributed by atoms with Crippen LogP contribution in [0, 0.1) is 37.5 Å². The topological polar surface area (TPSA) is 129 Å². The Morgan fingerprint density at radius 1 is 0.905 bits per heavy atom. The Balaban J connectivity index is 1.30. The zero-order valence-corrected chi connectivity index (χ0v) is 37.4. The molecule has 2 fully saturated rings. The van der Waals surface area contributed by atoms with Crippen LogP contribution >= 0.6 is 0 Å². The number of carbonyl (C=O) groups is 1. The summed E-state index contributed by atoms with van der Waals surface area (Å²) in [5.41, 5.74) is 6.04. The van der Waals surface area contributed by atoms with Crippen molar-refractivity contribution in [3.63, 3.8) is 0 Å². The second-order valence-corrected chi connectivity index (χ2v) is 18.2. The Hall–Kier alpha value is -4.84. The number of ether oxygens (including phenoxy) is 5. The molecular weight excluding hydrogens is 797 g/mol. The summed E-state index contributed by atoms with van der Waals surface area (Å²) in [4.78, 5) is 22.9. The van der Waals surface area contributed by atoms with E-state index in [1.807, 2.05) is 41.3 Å². The van der Waals surface area contributed by atoms with E-state index in [0.29, 0.717) is 61.1 Å². The molecule has 11 heteroatoms. The Kier molecular flexibility index (Phi) is 14.4. The highest BCUT2D eigenvalue weighted by Gasteiger charge is 2.65. The summed E-state index contributed by atoms with van der Waals surface area (Å²) in [6.07, 6.45) is 15.2. The summed E-state index contributed by atoms with van der Waals surface area (Å²) < 4.78 is 32.8. The van der Waals surface area contributed by atoms with Crippen molar-refractivity contribution >= 4 is 11.6 Å². The number of aryl methyl sites for hydroxylation is 2. The highest BCUT2D eigenvalue weighted by Crippen LogP contribution is 2.62. The molecular formula is C52H66N2O9. The first-order valence-electron chi connectivity index (χ1n) is 23.3. The van der Waals surface area contributed by atoms with Gasteiger partial charge >= 0.3 is 0 Å². The average Bonchev–Trinajstić information content (AvgIpc) is 4.00. The maximum atomic E-state index is 15.2. The van der Waals surface area contributed by atoms with Crippen molar-refractivity contribution in [2.24, 2.45) is 28.8 Å². The van der Waals surface area contributed by atoms with Gasteiger partial charge in [0, 0.05) is 44.1 Å². The number of hydrogen-bond donors (Lipinski definition) is 2. The van der Waals surface area contributed by atoms with Crippen molar-refractivity contribution in [1.82, 2.24) is 4.90 Å². The van der Waals surface area contributed by atoms with Crippen LogP contribution in [0.1, 0.15) is 112 Å². The van der Waals surface area contributed by atoms with Crippen LogP contribution in [-0.2, 0) is 20.9 Å². The third kappa shape index (κ3) is 9.52. The molecule has 0 spiro atoms. The number of nitrogens with zero attached hydrogens (tertiary/aromatic N) is 2. The van der Waals surface area contributed by atoms with Crippen molar-refractivity contribution in [2.75, 3.05) is 33.7 Å². The van der Waals surface area contributed by atoms with Crippen LogP contribution in [0.4, 0.5) is 0 Å². The zero-order valence-electron chi connectivity index (χ0n) is 37.4. The Bertz CT molecular complexity index is 2140. The summed E-state index contributed by atoms with van der Waals surface area (Å²) >= 11 is 0. The van der Waals surface area contributed by atoms with Crippen molar-refractivity contribution in [3.05, 3.63) is 101 Å². The summed E-state index contributed by atoms with van der Waals surface area (Å²) in [5, 5.41) is 24.7. The van der Waals surface area contributed by atoms with Gasteiger partial charge in [0.1, 0.15) is 30.4 Å². The van der Waals surface area contributed by atoms with Crippen LogP contribution in [0.5, 0.6) is 28.7 Å². The van der Waals surface area contributed by atoms with E-state index in [4.69, 9.17) is 33.7 Å². The molecule has 3 aliphatic carbocycles. The van der Waals surface area contributed by atoms with E-state index >= 15 is 4.79 Å². The average molecular weight is 863 g/mol. The lowest BCUT2D eigenvalue weighted by atomic mass is 9.55. The van der Waals surface area contributed by atoms with E-state index in [2.05, 4.69) is 44.7 Å². The Morgan fingerprint density at radius 3 is 2.41 bits per heavy atom. The minimum Gasteiger partial charge on any atom is -0.459 e. The smallest absolute Gasteiger partial charge is 0.239 e. The molecule has 2 saturated carbocycles. The molecule has 63 heavy (non-hydrogen) atoms. The molecule has 0 unspecified atom stereocenters. The number of aliphatic hydroxyl groups excluding tert-OH is 2. The molecule has 5 aliphatic rings. The fourth-order valence-corrected chi connectivity index (χ4v) is 11.1. The fourth-order valence-electron chi connectivity index (χ4n) is 11.1. The monoisotopic (exact) mass is 862 g/mol. The van der Waals surface area contributed by atoms with Gasteiger partial charge in [-0.1, -0.05) is 68.0 Å². The van der Waals surface area contributed by atoms with Gasteiger partial charge in [0.25, 0.3) is 0 Å². The standard InChI is InChI=1S/C52H66N2O9/c1-5-26-61-52-48(54(49(57)23-18-36-12-6-7-13-36)32-37-17-21-46-47(28-37)60-33-59-46)31-44(53-58-4)42-29-38(14-8-10-24-55)41(15-9-11-25-56)50(51(42)52)43-30-40(20-22-45(43)63-52)62-39-19-16-34(2)35(3)27-39/h5,16-17,19-22,27-30,36,38,41,48,50-51,55-56H,1,6-15,18,23-26,31-33H2,2-4H3/t38-,41+,48-,50+,51+,52+/m0/s1. The van der Waals surface area contributed by atoms with Gasteiger partial charge in [-0.05, 0) is 128 Å². The van der Waals surface area contributed by atoms with Gasteiger partial charge < -0.3 is 43.6 Å². The first-order chi connectivity index (χ1) is 30.8. The normalized spacial score (nSPS) is 25.2. The van der Waals surface area contributed by atoms with Gasteiger partial charge in [-0.15, -0.1) is 6.58 Å². The Morgan fingerprint density at radius 2 is 1.65 bits per heavy atom. The zero-order chi connectivity index (χ0) is 43.9. The van der Waals surface area contributed by atoms with Crippen molar-refractivity contribution in [1.29, 1.82) is 0 Å². The number of unbranched alkanes of at least 4 members (excludes halogenated alkanes) is 2.